The number of nitrogens with zero attached hydrogens (tertiary/aromatic N) is 2. The van der Waals surface area contributed by atoms with Crippen LogP contribution in [0.2, 0.25) is 0 Å². The topological polar surface area (TPSA) is 83.4 Å². The van der Waals surface area contributed by atoms with Gasteiger partial charge in [0, 0.05) is 7.11 Å². The Morgan fingerprint density at radius 1 is 1.57 bits per heavy atom. The third kappa shape index (κ3) is 2.43. The van der Waals surface area contributed by atoms with Gasteiger partial charge in [0.2, 0.25) is 0 Å². The fourth-order valence-corrected chi connectivity index (χ4v) is 0.988. The highest BCUT2D eigenvalue weighted by atomic mass is 16.6. The molecule has 0 amide bonds. The third-order valence-corrected chi connectivity index (χ3v) is 1.63. The molecule has 0 saturated heterocycles. The molecule has 0 fully saturated rings. The molecule has 6 heteroatoms. The summed E-state index contributed by atoms with van der Waals surface area (Å²) in [4.78, 5) is 3.99. The minimum atomic E-state index is -0.756. The lowest BCUT2D eigenvalue weighted by atomic mass is 10.1. The molecule has 0 saturated carbocycles. The SMILES string of the molecule is CCOc1nc(C(C)(N)COC)no1. The molecule has 0 aromatic carbocycles. The predicted octanol–water partition coefficient (Wildman–Crippen LogP) is 0.289. The molecule has 0 radical (unpaired) electrons. The van der Waals surface area contributed by atoms with Crippen molar-refractivity contribution in [2.75, 3.05) is 20.3 Å². The van der Waals surface area contributed by atoms with Crippen molar-refractivity contribution >= 4 is 0 Å². The van der Waals surface area contributed by atoms with Crippen molar-refractivity contribution in [3.8, 4) is 6.08 Å². The lowest BCUT2D eigenvalue weighted by Gasteiger charge is -2.18. The van der Waals surface area contributed by atoms with Crippen LogP contribution in [0.15, 0.2) is 4.52 Å². The zero-order chi connectivity index (χ0) is 10.6. The minimum Gasteiger partial charge on any atom is -0.449 e. The van der Waals surface area contributed by atoms with Crippen molar-refractivity contribution in [1.82, 2.24) is 10.1 Å². The second-order valence-corrected chi connectivity index (χ2v) is 3.17. The Hall–Kier alpha value is -1.14. The molecule has 2 N–H and O–H groups in total. The Balaban J connectivity index is 2.74. The Morgan fingerprint density at radius 3 is 2.86 bits per heavy atom. The van der Waals surface area contributed by atoms with Gasteiger partial charge in [0.05, 0.1) is 13.2 Å². The summed E-state index contributed by atoms with van der Waals surface area (Å²) < 4.78 is 14.8. The first-order chi connectivity index (χ1) is 6.60. The summed E-state index contributed by atoms with van der Waals surface area (Å²) in [6.07, 6.45) is 0.135. The summed E-state index contributed by atoms with van der Waals surface area (Å²) in [5.74, 6) is 0.378. The minimum absolute atomic E-state index is 0.135. The highest BCUT2D eigenvalue weighted by Gasteiger charge is 2.27. The average molecular weight is 201 g/mol. The van der Waals surface area contributed by atoms with Gasteiger partial charge in [-0.1, -0.05) is 5.16 Å². The van der Waals surface area contributed by atoms with Crippen LogP contribution in [0, 0.1) is 0 Å². The standard InChI is InChI=1S/C8H15N3O3/c1-4-13-7-10-6(11-14-7)8(2,9)5-12-3/h4-5,9H2,1-3H3. The second kappa shape index (κ2) is 4.39. The van der Waals surface area contributed by atoms with E-state index in [0.717, 1.165) is 0 Å². The largest absolute Gasteiger partial charge is 0.449 e. The molecule has 0 aliphatic heterocycles. The van der Waals surface area contributed by atoms with Crippen LogP contribution in [0.5, 0.6) is 6.08 Å². The second-order valence-electron chi connectivity index (χ2n) is 3.17. The predicted molar refractivity (Wildman–Crippen MR) is 48.9 cm³/mol. The van der Waals surface area contributed by atoms with Gasteiger partial charge in [0.15, 0.2) is 5.82 Å². The van der Waals surface area contributed by atoms with E-state index in [2.05, 4.69) is 10.1 Å². The van der Waals surface area contributed by atoms with Crippen molar-refractivity contribution in [2.24, 2.45) is 5.73 Å². The molecular formula is C8H15N3O3. The smallest absolute Gasteiger partial charge is 0.417 e. The van der Waals surface area contributed by atoms with E-state index in [1.807, 2.05) is 6.92 Å². The number of hydrogen-bond donors (Lipinski definition) is 1. The van der Waals surface area contributed by atoms with E-state index in [1.54, 1.807) is 14.0 Å². The molecule has 14 heavy (non-hydrogen) atoms. The number of rotatable bonds is 5. The zero-order valence-corrected chi connectivity index (χ0v) is 8.61. The van der Waals surface area contributed by atoms with Gasteiger partial charge in [-0.3, -0.25) is 4.52 Å². The van der Waals surface area contributed by atoms with Crippen molar-refractivity contribution < 1.29 is 14.0 Å². The summed E-state index contributed by atoms with van der Waals surface area (Å²) in [7, 11) is 1.56. The molecule has 0 aliphatic rings. The van der Waals surface area contributed by atoms with E-state index in [0.29, 0.717) is 19.0 Å². The Bertz CT molecular complexity index is 285. The van der Waals surface area contributed by atoms with Gasteiger partial charge < -0.3 is 15.2 Å². The van der Waals surface area contributed by atoms with Gasteiger partial charge in [-0.15, -0.1) is 0 Å². The van der Waals surface area contributed by atoms with Crippen LogP contribution < -0.4 is 10.5 Å². The maximum atomic E-state index is 5.89. The normalized spacial score (nSPS) is 15.1. The molecule has 6 nitrogen and oxygen atoms in total. The Labute approximate surface area is 82.4 Å². The number of methoxy groups -OCH3 is 1. The van der Waals surface area contributed by atoms with E-state index >= 15 is 0 Å². The molecule has 0 aliphatic carbocycles. The first-order valence-electron chi connectivity index (χ1n) is 4.35. The van der Waals surface area contributed by atoms with Gasteiger partial charge in [-0.25, -0.2) is 0 Å². The van der Waals surface area contributed by atoms with Crippen molar-refractivity contribution in [1.29, 1.82) is 0 Å². The summed E-state index contributed by atoms with van der Waals surface area (Å²) in [6.45, 7) is 4.39. The van der Waals surface area contributed by atoms with E-state index in [4.69, 9.17) is 19.7 Å². The van der Waals surface area contributed by atoms with Gasteiger partial charge in [-0.2, -0.15) is 4.98 Å². The van der Waals surface area contributed by atoms with E-state index in [9.17, 15) is 0 Å². The molecule has 80 valence electrons. The van der Waals surface area contributed by atoms with E-state index in [1.165, 1.54) is 0 Å². The van der Waals surface area contributed by atoms with Crippen molar-refractivity contribution in [3.63, 3.8) is 0 Å². The monoisotopic (exact) mass is 201 g/mol. The molecule has 1 aromatic heterocycles. The van der Waals surface area contributed by atoms with Gasteiger partial charge >= 0.3 is 6.08 Å². The lowest BCUT2D eigenvalue weighted by molar-refractivity contribution is 0.134. The zero-order valence-electron chi connectivity index (χ0n) is 8.61. The van der Waals surface area contributed by atoms with E-state index in [-0.39, 0.29) is 6.08 Å². The van der Waals surface area contributed by atoms with Crippen LogP contribution in [0.1, 0.15) is 19.7 Å². The van der Waals surface area contributed by atoms with Crippen LogP contribution in [-0.4, -0.2) is 30.5 Å². The molecule has 1 aromatic rings. The Kier molecular flexibility index (Phi) is 3.43. The van der Waals surface area contributed by atoms with E-state index < -0.39 is 5.54 Å². The number of nitrogens with two attached hydrogens (primary N) is 1. The maximum Gasteiger partial charge on any atom is 0.417 e. The fourth-order valence-electron chi connectivity index (χ4n) is 0.988. The first kappa shape index (κ1) is 10.9. The van der Waals surface area contributed by atoms with Gasteiger partial charge in [0.25, 0.3) is 0 Å². The molecule has 0 spiro atoms. The Morgan fingerprint density at radius 2 is 2.29 bits per heavy atom. The van der Waals surface area contributed by atoms with Crippen LogP contribution in [0.3, 0.4) is 0 Å². The molecule has 1 heterocycles. The summed E-state index contributed by atoms with van der Waals surface area (Å²) in [6, 6.07) is 0. The van der Waals surface area contributed by atoms with Crippen LogP contribution in [-0.2, 0) is 10.3 Å². The van der Waals surface area contributed by atoms with Crippen LogP contribution in [0.4, 0.5) is 0 Å². The highest BCUT2D eigenvalue weighted by Crippen LogP contribution is 2.17. The molecular weight excluding hydrogens is 186 g/mol. The number of aromatic nitrogens is 2. The molecule has 1 atom stereocenters. The fraction of sp³-hybridized carbons (Fsp3) is 0.750. The number of ether oxygens (including phenoxy) is 2. The van der Waals surface area contributed by atoms with Crippen molar-refractivity contribution in [2.45, 2.75) is 19.4 Å². The highest BCUT2D eigenvalue weighted by molar-refractivity contribution is 5.03. The molecule has 1 rings (SSSR count). The van der Waals surface area contributed by atoms with Gasteiger partial charge in [-0.05, 0) is 13.8 Å². The quantitative estimate of drug-likeness (QED) is 0.737. The third-order valence-electron chi connectivity index (χ3n) is 1.63. The lowest BCUT2D eigenvalue weighted by Crippen LogP contribution is -2.38. The summed E-state index contributed by atoms with van der Waals surface area (Å²) >= 11 is 0. The van der Waals surface area contributed by atoms with Crippen molar-refractivity contribution in [3.05, 3.63) is 5.82 Å². The van der Waals surface area contributed by atoms with Gasteiger partial charge in [0.1, 0.15) is 5.54 Å². The average Bonchev–Trinajstić information content (AvgIpc) is 2.54. The first-order valence-corrected chi connectivity index (χ1v) is 4.35. The summed E-state index contributed by atoms with van der Waals surface area (Å²) in [5, 5.41) is 3.71. The van der Waals surface area contributed by atoms with Crippen LogP contribution >= 0.6 is 0 Å². The summed E-state index contributed by atoms with van der Waals surface area (Å²) in [5.41, 5.74) is 5.14. The maximum absolute atomic E-state index is 5.89. The molecule has 1 unspecified atom stereocenters. The van der Waals surface area contributed by atoms with Crippen LogP contribution in [0.25, 0.3) is 0 Å². The molecule has 0 bridgehead atoms. The number of hydrogen-bond acceptors (Lipinski definition) is 6.